The van der Waals surface area contributed by atoms with Gasteiger partial charge in [0.05, 0.1) is 0 Å². The van der Waals surface area contributed by atoms with Crippen LogP contribution in [0.15, 0.2) is 36.5 Å². The van der Waals surface area contributed by atoms with E-state index >= 15 is 0 Å². The maximum Gasteiger partial charge on any atom is 3.00 e. The van der Waals surface area contributed by atoms with Crippen molar-refractivity contribution in [3.63, 3.8) is 0 Å². The van der Waals surface area contributed by atoms with Crippen LogP contribution in [0.1, 0.15) is 12.8 Å². The Kier molecular flexibility index (Phi) is 32.9. The second-order valence-corrected chi connectivity index (χ2v) is 2.01. The Morgan fingerprint density at radius 1 is 0.714 bits per heavy atom. The van der Waals surface area contributed by atoms with Crippen molar-refractivity contribution in [1.29, 1.82) is 0 Å². The molecule has 0 saturated heterocycles. The number of rotatable bonds is 0. The van der Waals surface area contributed by atoms with Gasteiger partial charge in [0, 0.05) is 0 Å². The summed E-state index contributed by atoms with van der Waals surface area (Å²) in [4.78, 5) is 0. The fourth-order valence-corrected chi connectivity index (χ4v) is 0.680. The summed E-state index contributed by atoms with van der Waals surface area (Å²) in [5.41, 5.74) is 0. The molecule has 77 valence electrons. The predicted octanol–water partition coefficient (Wildman–Crippen LogP) is -6.38. The zero-order chi connectivity index (χ0) is 7.07. The Morgan fingerprint density at radius 3 is 1.14 bits per heavy atom. The molecule has 0 bridgehead atoms. The van der Waals surface area contributed by atoms with Crippen molar-refractivity contribution in [2.24, 2.45) is 0 Å². The van der Waals surface area contributed by atoms with Crippen molar-refractivity contribution in [3.05, 3.63) is 48.6 Å². The van der Waals surface area contributed by atoms with Crippen LogP contribution in [0.2, 0.25) is 0 Å². The first kappa shape index (κ1) is 24.0. The molecule has 2 aliphatic carbocycles. The van der Waals surface area contributed by atoms with Crippen LogP contribution in [0.3, 0.4) is 0 Å². The van der Waals surface area contributed by atoms with Crippen molar-refractivity contribution in [3.8, 4) is 0 Å². The van der Waals surface area contributed by atoms with Crippen molar-refractivity contribution in [1.82, 2.24) is 0 Å². The number of hydrogen-bond acceptors (Lipinski definition) is 0. The maximum atomic E-state index is 2.99. The van der Waals surface area contributed by atoms with Crippen LogP contribution in [0.5, 0.6) is 0 Å². The minimum atomic E-state index is 0. The van der Waals surface area contributed by atoms with E-state index in [1.54, 1.807) is 0 Å². The summed E-state index contributed by atoms with van der Waals surface area (Å²) >= 11 is 0. The van der Waals surface area contributed by atoms with Gasteiger partial charge in [-0.1, -0.05) is 0 Å². The molecule has 2 rings (SSSR count). The van der Waals surface area contributed by atoms with E-state index < -0.39 is 0 Å². The fraction of sp³-hybridized carbons (Fsp3) is 0.200. The van der Waals surface area contributed by atoms with Crippen molar-refractivity contribution < 1.29 is 58.9 Å². The monoisotopic (exact) mass is 283 g/mol. The zero-order valence-corrected chi connectivity index (χ0v) is 11.3. The number of halogens is 3. The Hall–Kier alpha value is 0.544. The third-order valence-electron chi connectivity index (χ3n) is 1.17. The maximum absolute atomic E-state index is 2.99. The molecule has 0 aromatic heterocycles. The number of allylic oxidation sites excluding steroid dienone is 8. The van der Waals surface area contributed by atoms with E-state index in [9.17, 15) is 0 Å². The Morgan fingerprint density at radius 2 is 1.07 bits per heavy atom. The van der Waals surface area contributed by atoms with E-state index in [-0.39, 0.29) is 58.9 Å². The van der Waals surface area contributed by atoms with Gasteiger partial charge in [-0.3, -0.25) is 12.2 Å². The smallest absolute Gasteiger partial charge is 1.00 e. The summed E-state index contributed by atoms with van der Waals surface area (Å²) in [5, 5.41) is 0. The topological polar surface area (TPSA) is 0 Å². The molecule has 0 amide bonds. The van der Waals surface area contributed by atoms with E-state index in [4.69, 9.17) is 0 Å². The summed E-state index contributed by atoms with van der Waals surface area (Å²) in [6.45, 7) is 0. The van der Waals surface area contributed by atoms with E-state index in [0.717, 1.165) is 12.8 Å². The molecule has 0 N–H and O–H groups in total. The molecule has 2 aliphatic rings. The quantitative estimate of drug-likeness (QED) is 0.307. The van der Waals surface area contributed by atoms with E-state index in [1.807, 2.05) is 24.3 Å². The van der Waals surface area contributed by atoms with Gasteiger partial charge in [-0.15, -0.1) is 12.8 Å². The van der Waals surface area contributed by atoms with Gasteiger partial charge in [0.1, 0.15) is 0 Å². The molecule has 0 aromatic rings. The molecular weight excluding hydrogens is 274 g/mol. The van der Waals surface area contributed by atoms with Crippen LogP contribution in [-0.2, 0) is 21.7 Å². The van der Waals surface area contributed by atoms with E-state index in [0.29, 0.717) is 0 Å². The SMILES string of the molecule is [C-]1=CC=CC1.[C-]1=CC=CC1.[Cl-].[Cl-].[Cl-].[Ti+3]. The fourth-order valence-electron chi connectivity index (χ4n) is 0.680. The number of hydrogen-bond donors (Lipinski definition) is 0. The second kappa shape index (κ2) is 19.2. The van der Waals surface area contributed by atoms with Crippen LogP contribution in [-0.4, -0.2) is 0 Å². The first-order valence-electron chi connectivity index (χ1n) is 3.43. The minimum absolute atomic E-state index is 0. The van der Waals surface area contributed by atoms with Crippen molar-refractivity contribution in [2.45, 2.75) is 12.8 Å². The molecule has 0 fully saturated rings. The van der Waals surface area contributed by atoms with Crippen LogP contribution in [0.25, 0.3) is 0 Å². The average molecular weight is 284 g/mol. The molecule has 0 aliphatic heterocycles. The van der Waals surface area contributed by atoms with Crippen LogP contribution < -0.4 is 37.2 Å². The Balaban J connectivity index is -0.0000000556. The molecule has 4 heteroatoms. The van der Waals surface area contributed by atoms with Crippen LogP contribution in [0, 0.1) is 12.2 Å². The third kappa shape index (κ3) is 15.0. The molecule has 0 spiro atoms. The van der Waals surface area contributed by atoms with Crippen molar-refractivity contribution >= 4 is 0 Å². The molecule has 0 nitrogen and oxygen atoms in total. The summed E-state index contributed by atoms with van der Waals surface area (Å²) in [7, 11) is 0. The largest absolute Gasteiger partial charge is 3.00 e. The van der Waals surface area contributed by atoms with Crippen LogP contribution in [0.4, 0.5) is 0 Å². The summed E-state index contributed by atoms with van der Waals surface area (Å²) < 4.78 is 0. The third-order valence-corrected chi connectivity index (χ3v) is 1.17. The van der Waals surface area contributed by atoms with Gasteiger partial charge in [-0.05, 0) is 0 Å². The molecule has 0 aromatic carbocycles. The molecular formula is C10H10Cl3Ti-2. The molecule has 0 saturated carbocycles. The van der Waals surface area contributed by atoms with Gasteiger partial charge in [0.25, 0.3) is 0 Å². The first-order chi connectivity index (χ1) is 5.00. The summed E-state index contributed by atoms with van der Waals surface area (Å²) in [6, 6.07) is 0. The summed E-state index contributed by atoms with van der Waals surface area (Å²) in [6.07, 6.45) is 20.0. The van der Waals surface area contributed by atoms with E-state index in [2.05, 4.69) is 24.3 Å². The van der Waals surface area contributed by atoms with Gasteiger partial charge < -0.3 is 37.2 Å². The zero-order valence-electron chi connectivity index (χ0n) is 7.51. The Labute approximate surface area is 120 Å². The second-order valence-electron chi connectivity index (χ2n) is 2.01. The molecule has 0 atom stereocenters. The van der Waals surface area contributed by atoms with Crippen LogP contribution >= 0.6 is 0 Å². The Bertz CT molecular complexity index is 154. The van der Waals surface area contributed by atoms with Gasteiger partial charge in [-0.2, -0.15) is 12.2 Å². The predicted molar refractivity (Wildman–Crippen MR) is 43.1 cm³/mol. The minimum Gasteiger partial charge on any atom is -1.00 e. The van der Waals surface area contributed by atoms with E-state index in [1.165, 1.54) is 0 Å². The average Bonchev–Trinajstić information content (AvgIpc) is 2.67. The molecule has 0 unspecified atom stereocenters. The van der Waals surface area contributed by atoms with Gasteiger partial charge in [0.2, 0.25) is 0 Å². The molecule has 0 heterocycles. The molecule has 1 radical (unpaired) electrons. The summed E-state index contributed by atoms with van der Waals surface area (Å²) in [5.74, 6) is 0. The van der Waals surface area contributed by atoms with Gasteiger partial charge in [-0.25, -0.2) is 24.3 Å². The van der Waals surface area contributed by atoms with Crippen molar-refractivity contribution in [2.75, 3.05) is 0 Å². The van der Waals surface area contributed by atoms with Gasteiger partial charge >= 0.3 is 21.7 Å². The van der Waals surface area contributed by atoms with Gasteiger partial charge in [0.15, 0.2) is 0 Å². The standard InChI is InChI=1S/2C5H5.3ClH.Ti/c2*1-2-4-5-3-1;;;;/h2*1-3H,4H2;3*1H;/q2*-1;;;;+3/p-3. The molecule has 14 heavy (non-hydrogen) atoms. The first-order valence-corrected chi connectivity index (χ1v) is 3.43. The normalized spacial score (nSPS) is 12.6.